The number of nitro groups is 1. The van der Waals surface area contributed by atoms with Crippen molar-refractivity contribution in [1.82, 2.24) is 15.3 Å². The normalized spacial score (nSPS) is 13.0. The van der Waals surface area contributed by atoms with Gasteiger partial charge >= 0.3 is 0 Å². The van der Waals surface area contributed by atoms with Crippen molar-refractivity contribution in [2.24, 2.45) is 5.73 Å². The Bertz CT molecular complexity index is 807. The molecule has 26 heavy (non-hydrogen) atoms. The number of aliphatic hydroxyl groups excluding tert-OH is 1. The van der Waals surface area contributed by atoms with Gasteiger partial charge in [0.05, 0.1) is 29.6 Å². The number of aromatic amines is 1. The third-order valence-corrected chi connectivity index (χ3v) is 3.65. The molecule has 138 valence electrons. The minimum atomic E-state index is -1.34. The summed E-state index contributed by atoms with van der Waals surface area (Å²) in [5.41, 5.74) is 11.5. The number of imidazole rings is 1. The second-order valence-corrected chi connectivity index (χ2v) is 5.51. The summed E-state index contributed by atoms with van der Waals surface area (Å²) in [6.45, 7) is -0.720. The lowest BCUT2D eigenvalue weighted by molar-refractivity contribution is -0.384. The lowest BCUT2D eigenvalue weighted by Crippen LogP contribution is -2.50. The molecule has 0 fully saturated rings. The van der Waals surface area contributed by atoms with Gasteiger partial charge < -0.3 is 26.9 Å². The van der Waals surface area contributed by atoms with E-state index < -0.39 is 35.3 Å². The minimum absolute atomic E-state index is 0.00544. The molecule has 0 aliphatic heterocycles. The number of nitrogens with two attached hydrogens (primary N) is 2. The van der Waals surface area contributed by atoms with Crippen molar-refractivity contribution < 1.29 is 19.6 Å². The molecular weight excluding hydrogens is 344 g/mol. The molecule has 0 saturated carbocycles. The highest BCUT2D eigenvalue weighted by atomic mass is 16.6. The number of hydrogen-bond donors (Lipinski definition) is 5. The fraction of sp³-hybridized carbons (Fsp3) is 0.267. The van der Waals surface area contributed by atoms with E-state index in [2.05, 4.69) is 15.3 Å². The standard InChI is InChI=1S/C15H18N6O5/c16-11-2-1-9(21(25)26)4-10(11)14(23)13(6-22)20-15(24)12(17)3-8-5-18-7-19-8/h1-2,4-5,7,12-13,22H,3,6,16-17H2,(H,18,19)(H,20,24). The van der Waals surface area contributed by atoms with Crippen LogP contribution in [0.1, 0.15) is 16.1 Å². The number of ketones is 1. The summed E-state index contributed by atoms with van der Waals surface area (Å²) in [6, 6.07) is 1.03. The van der Waals surface area contributed by atoms with Gasteiger partial charge in [-0.25, -0.2) is 4.98 Å². The highest BCUT2D eigenvalue weighted by Crippen LogP contribution is 2.21. The van der Waals surface area contributed by atoms with Crippen LogP contribution in [-0.2, 0) is 11.2 Å². The van der Waals surface area contributed by atoms with Gasteiger partial charge in [-0.15, -0.1) is 0 Å². The van der Waals surface area contributed by atoms with E-state index in [0.29, 0.717) is 5.69 Å². The molecule has 2 rings (SSSR count). The number of hydrogen-bond acceptors (Lipinski definition) is 8. The number of anilines is 1. The molecule has 1 aromatic carbocycles. The number of Topliss-reactive ketones (excluding diaryl/α,β-unsaturated/α-hetero) is 1. The lowest BCUT2D eigenvalue weighted by Gasteiger charge is -2.18. The Labute approximate surface area is 147 Å². The number of nitrogen functional groups attached to an aromatic ring is 1. The van der Waals surface area contributed by atoms with Crippen molar-refractivity contribution >= 4 is 23.1 Å². The van der Waals surface area contributed by atoms with Gasteiger partial charge in [0.2, 0.25) is 5.91 Å². The Hall–Kier alpha value is -3.31. The number of aromatic nitrogens is 2. The van der Waals surface area contributed by atoms with Crippen molar-refractivity contribution in [2.75, 3.05) is 12.3 Å². The fourth-order valence-corrected chi connectivity index (χ4v) is 2.25. The third kappa shape index (κ3) is 4.40. The van der Waals surface area contributed by atoms with Gasteiger partial charge in [0, 0.05) is 36.0 Å². The van der Waals surface area contributed by atoms with Crippen LogP contribution in [0, 0.1) is 10.1 Å². The van der Waals surface area contributed by atoms with Gasteiger partial charge in [-0.05, 0) is 6.07 Å². The predicted octanol–water partition coefficient (Wildman–Crippen LogP) is -0.870. The number of benzene rings is 1. The zero-order valence-corrected chi connectivity index (χ0v) is 13.6. The topological polar surface area (TPSA) is 190 Å². The predicted molar refractivity (Wildman–Crippen MR) is 91.1 cm³/mol. The Kier molecular flexibility index (Phi) is 5.98. The van der Waals surface area contributed by atoms with Crippen molar-refractivity contribution in [3.05, 3.63) is 52.1 Å². The number of non-ortho nitro benzene ring substituents is 1. The molecule has 7 N–H and O–H groups in total. The van der Waals surface area contributed by atoms with E-state index in [9.17, 15) is 24.8 Å². The van der Waals surface area contributed by atoms with Crippen LogP contribution in [0.15, 0.2) is 30.7 Å². The average Bonchev–Trinajstić information content (AvgIpc) is 3.11. The smallest absolute Gasteiger partial charge is 0.270 e. The van der Waals surface area contributed by atoms with Crippen LogP contribution >= 0.6 is 0 Å². The molecule has 1 amide bonds. The number of rotatable bonds is 8. The van der Waals surface area contributed by atoms with Crippen LogP contribution in [0.5, 0.6) is 0 Å². The van der Waals surface area contributed by atoms with E-state index >= 15 is 0 Å². The first-order valence-electron chi connectivity index (χ1n) is 7.56. The summed E-state index contributed by atoms with van der Waals surface area (Å²) in [5, 5.41) is 22.6. The first-order chi connectivity index (χ1) is 12.3. The molecule has 2 atom stereocenters. The highest BCUT2D eigenvalue weighted by Gasteiger charge is 2.27. The molecule has 2 unspecified atom stereocenters. The maximum Gasteiger partial charge on any atom is 0.270 e. The summed E-state index contributed by atoms with van der Waals surface area (Å²) in [4.78, 5) is 41.5. The zero-order chi connectivity index (χ0) is 19.3. The van der Waals surface area contributed by atoms with Crippen LogP contribution in [0.25, 0.3) is 0 Å². The average molecular weight is 362 g/mol. The molecule has 0 spiro atoms. The first kappa shape index (κ1) is 19.0. The minimum Gasteiger partial charge on any atom is -0.398 e. The fourth-order valence-electron chi connectivity index (χ4n) is 2.25. The van der Waals surface area contributed by atoms with Crippen LogP contribution < -0.4 is 16.8 Å². The second-order valence-electron chi connectivity index (χ2n) is 5.51. The molecule has 11 heteroatoms. The van der Waals surface area contributed by atoms with Gasteiger partial charge in [-0.1, -0.05) is 0 Å². The molecule has 0 radical (unpaired) electrons. The Morgan fingerprint density at radius 3 is 2.73 bits per heavy atom. The van der Waals surface area contributed by atoms with Gasteiger partial charge in [-0.3, -0.25) is 19.7 Å². The Morgan fingerprint density at radius 1 is 1.42 bits per heavy atom. The summed E-state index contributed by atoms with van der Waals surface area (Å²) in [7, 11) is 0. The largest absolute Gasteiger partial charge is 0.398 e. The quantitative estimate of drug-likeness (QED) is 0.173. The van der Waals surface area contributed by atoms with E-state index in [0.717, 1.165) is 12.1 Å². The number of aliphatic hydroxyl groups is 1. The Balaban J connectivity index is 2.12. The van der Waals surface area contributed by atoms with E-state index in [1.807, 2.05) is 0 Å². The highest BCUT2D eigenvalue weighted by molar-refractivity contribution is 6.06. The van der Waals surface area contributed by atoms with Gasteiger partial charge in [0.1, 0.15) is 6.04 Å². The van der Waals surface area contributed by atoms with Crippen molar-refractivity contribution in [2.45, 2.75) is 18.5 Å². The van der Waals surface area contributed by atoms with E-state index in [4.69, 9.17) is 11.5 Å². The number of carbonyl (C=O) groups excluding carboxylic acids is 2. The van der Waals surface area contributed by atoms with Crippen molar-refractivity contribution in [1.29, 1.82) is 0 Å². The second kappa shape index (κ2) is 8.18. The molecule has 0 aliphatic rings. The third-order valence-electron chi connectivity index (χ3n) is 3.65. The molecule has 1 heterocycles. The lowest BCUT2D eigenvalue weighted by atomic mass is 10.0. The number of nitrogens with one attached hydrogen (secondary N) is 2. The van der Waals surface area contributed by atoms with E-state index in [1.165, 1.54) is 12.4 Å². The van der Waals surface area contributed by atoms with Crippen LogP contribution in [0.3, 0.4) is 0 Å². The SMILES string of the molecule is Nc1ccc([N+](=O)[O-])cc1C(=O)C(CO)NC(=O)C(N)Cc1c[nH]cn1. The maximum absolute atomic E-state index is 12.5. The van der Waals surface area contributed by atoms with Crippen LogP contribution in [0.4, 0.5) is 11.4 Å². The summed E-state index contributed by atoms with van der Waals surface area (Å²) < 4.78 is 0. The number of carbonyl (C=O) groups is 2. The summed E-state index contributed by atoms with van der Waals surface area (Å²) in [5.74, 6) is -1.43. The first-order valence-corrected chi connectivity index (χ1v) is 7.56. The number of amides is 1. The molecule has 1 aromatic heterocycles. The molecule has 0 aliphatic carbocycles. The van der Waals surface area contributed by atoms with Crippen molar-refractivity contribution in [3.63, 3.8) is 0 Å². The molecule has 0 saturated heterocycles. The van der Waals surface area contributed by atoms with Crippen LogP contribution in [0.2, 0.25) is 0 Å². The number of nitrogens with zero attached hydrogens (tertiary/aromatic N) is 2. The van der Waals surface area contributed by atoms with Crippen molar-refractivity contribution in [3.8, 4) is 0 Å². The molecule has 11 nitrogen and oxygen atoms in total. The Morgan fingerprint density at radius 2 is 2.15 bits per heavy atom. The number of H-pyrrole nitrogens is 1. The molecular formula is C15H18N6O5. The molecule has 0 bridgehead atoms. The molecule has 2 aromatic rings. The van der Waals surface area contributed by atoms with Crippen LogP contribution in [-0.4, -0.2) is 50.4 Å². The summed E-state index contributed by atoms with van der Waals surface area (Å²) >= 11 is 0. The van der Waals surface area contributed by atoms with Gasteiger partial charge in [0.15, 0.2) is 5.78 Å². The van der Waals surface area contributed by atoms with E-state index in [1.54, 1.807) is 6.20 Å². The van der Waals surface area contributed by atoms with E-state index in [-0.39, 0.29) is 23.4 Å². The van der Waals surface area contributed by atoms with Gasteiger partial charge in [-0.2, -0.15) is 0 Å². The zero-order valence-electron chi connectivity index (χ0n) is 13.6. The summed E-state index contributed by atoms with van der Waals surface area (Å²) in [6.07, 6.45) is 3.14. The maximum atomic E-state index is 12.5. The monoisotopic (exact) mass is 362 g/mol. The van der Waals surface area contributed by atoms with Gasteiger partial charge in [0.25, 0.3) is 5.69 Å². The number of nitro benzene ring substituents is 1.